The number of carbonyl (C=O) groups is 1. The van der Waals surface area contributed by atoms with Crippen LogP contribution in [0.3, 0.4) is 0 Å². The van der Waals surface area contributed by atoms with Crippen LogP contribution in [0.5, 0.6) is 0 Å². The van der Waals surface area contributed by atoms with Gasteiger partial charge in [-0.05, 0) is 35.9 Å². The quantitative estimate of drug-likeness (QED) is 0.773. The zero-order valence-electron chi connectivity index (χ0n) is 15.8. The average Bonchev–Trinajstić information content (AvgIpc) is 2.77. The molecule has 0 saturated carbocycles. The summed E-state index contributed by atoms with van der Waals surface area (Å²) in [5.74, 6) is -0.143. The molecule has 0 atom stereocenters. The number of carbonyl (C=O) groups excluding carboxylic acids is 1. The largest absolute Gasteiger partial charge is 0.326 e. The van der Waals surface area contributed by atoms with Gasteiger partial charge in [-0.1, -0.05) is 26.0 Å². The maximum absolute atomic E-state index is 12.4. The number of hydrogen-bond acceptors (Lipinski definition) is 4. The minimum absolute atomic E-state index is 0.143. The SMILES string of the molecule is CC(C)Sc1ccc(CC(=O)Nc2ccc3c(c2)N(C)S(=O)(=O)N3C)cc1. The zero-order chi connectivity index (χ0) is 19.8. The lowest BCUT2D eigenvalue weighted by Gasteiger charge is -2.13. The first-order valence-electron chi connectivity index (χ1n) is 8.61. The monoisotopic (exact) mass is 405 g/mol. The average molecular weight is 406 g/mol. The predicted molar refractivity (Wildman–Crippen MR) is 112 cm³/mol. The van der Waals surface area contributed by atoms with Crippen LogP contribution in [-0.4, -0.2) is 33.7 Å². The van der Waals surface area contributed by atoms with Crippen LogP contribution in [0.15, 0.2) is 47.4 Å². The normalized spacial score (nSPS) is 15.1. The van der Waals surface area contributed by atoms with Crippen molar-refractivity contribution in [3.63, 3.8) is 0 Å². The molecule has 1 heterocycles. The van der Waals surface area contributed by atoms with Crippen molar-refractivity contribution in [1.29, 1.82) is 0 Å². The predicted octanol–water partition coefficient (Wildman–Crippen LogP) is 3.50. The lowest BCUT2D eigenvalue weighted by Crippen LogP contribution is -2.32. The fourth-order valence-electron chi connectivity index (χ4n) is 2.90. The molecule has 2 aromatic rings. The van der Waals surface area contributed by atoms with E-state index in [1.165, 1.54) is 27.6 Å². The Morgan fingerprint density at radius 1 is 1.04 bits per heavy atom. The molecule has 8 heteroatoms. The van der Waals surface area contributed by atoms with Crippen molar-refractivity contribution in [3.8, 4) is 0 Å². The first kappa shape index (κ1) is 19.6. The van der Waals surface area contributed by atoms with Crippen LogP contribution in [-0.2, 0) is 21.4 Å². The van der Waals surface area contributed by atoms with Gasteiger partial charge < -0.3 is 5.32 Å². The molecule has 0 unspecified atom stereocenters. The van der Waals surface area contributed by atoms with E-state index >= 15 is 0 Å². The Hall–Kier alpha value is -2.19. The fourth-order valence-corrected chi connectivity index (χ4v) is 4.90. The van der Waals surface area contributed by atoms with Gasteiger partial charge in [-0.25, -0.2) is 0 Å². The minimum atomic E-state index is -3.52. The number of benzene rings is 2. The maximum atomic E-state index is 12.4. The van der Waals surface area contributed by atoms with E-state index in [1.807, 2.05) is 24.3 Å². The zero-order valence-corrected chi connectivity index (χ0v) is 17.4. The van der Waals surface area contributed by atoms with E-state index < -0.39 is 10.2 Å². The molecule has 0 radical (unpaired) electrons. The van der Waals surface area contributed by atoms with Gasteiger partial charge >= 0.3 is 10.2 Å². The molecule has 0 spiro atoms. The second-order valence-electron chi connectivity index (χ2n) is 6.68. The van der Waals surface area contributed by atoms with E-state index in [0.29, 0.717) is 22.3 Å². The molecule has 0 saturated heterocycles. The van der Waals surface area contributed by atoms with Gasteiger partial charge in [0.1, 0.15) is 0 Å². The van der Waals surface area contributed by atoms with Gasteiger partial charge in [0.2, 0.25) is 5.91 Å². The summed E-state index contributed by atoms with van der Waals surface area (Å²) in [6.45, 7) is 4.28. The molecular formula is C19H23N3O3S2. The van der Waals surface area contributed by atoms with Gasteiger partial charge in [-0.3, -0.25) is 13.4 Å². The molecular weight excluding hydrogens is 382 g/mol. The Bertz CT molecular complexity index is 957. The van der Waals surface area contributed by atoms with Gasteiger partial charge in [0.25, 0.3) is 0 Å². The molecule has 1 aliphatic heterocycles. The second-order valence-corrected chi connectivity index (χ2v) is 10.3. The van der Waals surface area contributed by atoms with Crippen LogP contribution >= 0.6 is 11.8 Å². The van der Waals surface area contributed by atoms with Crippen LogP contribution < -0.4 is 13.9 Å². The highest BCUT2D eigenvalue weighted by molar-refractivity contribution is 7.99. The molecule has 144 valence electrons. The summed E-state index contributed by atoms with van der Waals surface area (Å²) in [5.41, 5.74) is 2.64. The van der Waals surface area contributed by atoms with Crippen LogP contribution in [0, 0.1) is 0 Å². The van der Waals surface area contributed by atoms with E-state index in [-0.39, 0.29) is 12.3 Å². The van der Waals surface area contributed by atoms with Gasteiger partial charge in [0.05, 0.1) is 17.8 Å². The lowest BCUT2D eigenvalue weighted by molar-refractivity contribution is -0.115. The number of nitrogens with zero attached hydrogens (tertiary/aromatic N) is 2. The van der Waals surface area contributed by atoms with Gasteiger partial charge in [-0.2, -0.15) is 8.42 Å². The number of hydrogen-bond donors (Lipinski definition) is 1. The van der Waals surface area contributed by atoms with Gasteiger partial charge in [0, 0.05) is 29.9 Å². The van der Waals surface area contributed by atoms with Crippen molar-refractivity contribution in [2.24, 2.45) is 0 Å². The molecule has 0 aliphatic carbocycles. The van der Waals surface area contributed by atoms with Crippen LogP contribution in [0.1, 0.15) is 19.4 Å². The first-order valence-corrected chi connectivity index (χ1v) is 10.9. The van der Waals surface area contributed by atoms with Crippen molar-refractivity contribution in [1.82, 2.24) is 0 Å². The van der Waals surface area contributed by atoms with E-state index in [1.54, 1.807) is 30.0 Å². The van der Waals surface area contributed by atoms with Crippen molar-refractivity contribution >= 4 is 44.9 Å². The van der Waals surface area contributed by atoms with E-state index in [4.69, 9.17) is 0 Å². The standard InChI is InChI=1S/C19H23N3O3S2/c1-13(2)26-16-8-5-14(6-9-16)11-19(23)20-15-7-10-17-18(12-15)22(4)27(24,25)21(17)3/h5-10,12-13H,11H2,1-4H3,(H,20,23). The summed E-state index contributed by atoms with van der Waals surface area (Å²) >= 11 is 1.78. The van der Waals surface area contributed by atoms with Gasteiger partial charge in [-0.15, -0.1) is 11.8 Å². The Kier molecular flexibility index (Phi) is 5.39. The van der Waals surface area contributed by atoms with Crippen LogP contribution in [0.4, 0.5) is 17.1 Å². The van der Waals surface area contributed by atoms with Crippen molar-refractivity contribution in [3.05, 3.63) is 48.0 Å². The molecule has 1 N–H and O–H groups in total. The highest BCUT2D eigenvalue weighted by atomic mass is 32.2. The summed E-state index contributed by atoms with van der Waals surface area (Å²) in [5, 5.41) is 3.36. The highest BCUT2D eigenvalue weighted by Gasteiger charge is 2.35. The number of thioether (sulfide) groups is 1. The molecule has 0 fully saturated rings. The summed E-state index contributed by atoms with van der Waals surface area (Å²) in [6.07, 6.45) is 0.262. The number of nitrogens with one attached hydrogen (secondary N) is 1. The van der Waals surface area contributed by atoms with Crippen molar-refractivity contribution < 1.29 is 13.2 Å². The fraction of sp³-hybridized carbons (Fsp3) is 0.316. The number of fused-ring (bicyclic) bond motifs is 1. The van der Waals surface area contributed by atoms with E-state index in [0.717, 1.165) is 5.56 Å². The Morgan fingerprint density at radius 3 is 2.30 bits per heavy atom. The maximum Gasteiger partial charge on any atom is 0.326 e. The lowest BCUT2D eigenvalue weighted by atomic mass is 10.1. The highest BCUT2D eigenvalue weighted by Crippen LogP contribution is 2.40. The third-order valence-electron chi connectivity index (χ3n) is 4.29. The van der Waals surface area contributed by atoms with Crippen molar-refractivity contribution in [2.45, 2.75) is 30.4 Å². The molecule has 6 nitrogen and oxygen atoms in total. The van der Waals surface area contributed by atoms with E-state index in [2.05, 4.69) is 19.2 Å². The summed E-state index contributed by atoms with van der Waals surface area (Å²) in [6, 6.07) is 13.1. The third kappa shape index (κ3) is 4.06. The Labute approximate surface area is 164 Å². The molecule has 0 aromatic heterocycles. The molecule has 0 bridgehead atoms. The smallest absolute Gasteiger partial charge is 0.326 e. The number of anilines is 3. The second kappa shape index (κ2) is 7.44. The number of amides is 1. The Balaban J connectivity index is 1.68. The van der Waals surface area contributed by atoms with Crippen molar-refractivity contribution in [2.75, 3.05) is 28.0 Å². The summed E-state index contributed by atoms with van der Waals surface area (Å²) in [4.78, 5) is 13.5. The minimum Gasteiger partial charge on any atom is -0.326 e. The Morgan fingerprint density at radius 2 is 1.67 bits per heavy atom. The molecule has 2 aromatic carbocycles. The summed E-state index contributed by atoms with van der Waals surface area (Å²) in [7, 11) is -0.506. The molecule has 1 amide bonds. The topological polar surface area (TPSA) is 69.7 Å². The molecule has 1 aliphatic rings. The molecule has 3 rings (SSSR count). The number of rotatable bonds is 5. The van der Waals surface area contributed by atoms with E-state index in [9.17, 15) is 13.2 Å². The third-order valence-corrected chi connectivity index (χ3v) is 7.08. The first-order chi connectivity index (χ1) is 12.7. The van der Waals surface area contributed by atoms with Crippen LogP contribution in [0.2, 0.25) is 0 Å². The summed E-state index contributed by atoms with van der Waals surface area (Å²) < 4.78 is 26.8. The van der Waals surface area contributed by atoms with Gasteiger partial charge in [0.15, 0.2) is 0 Å². The van der Waals surface area contributed by atoms with Crippen LogP contribution in [0.25, 0.3) is 0 Å². The molecule has 27 heavy (non-hydrogen) atoms.